The topological polar surface area (TPSA) is 59.5 Å². The number of fused-ring (bicyclic) bond motifs is 2. The molecule has 0 aliphatic carbocycles. The Balaban J connectivity index is 1.70. The average Bonchev–Trinajstić information content (AvgIpc) is 3.17. The number of anilines is 1. The lowest BCUT2D eigenvalue weighted by molar-refractivity contribution is -0.146. The third-order valence-corrected chi connectivity index (χ3v) is 6.44. The van der Waals surface area contributed by atoms with E-state index in [0.29, 0.717) is 16.1 Å². The number of carbonyl (C=O) groups excluding carboxylic acids is 2. The summed E-state index contributed by atoms with van der Waals surface area (Å²) in [6.45, 7) is 4.14. The molecule has 5 nitrogen and oxygen atoms in total. The zero-order valence-electron chi connectivity index (χ0n) is 17.3. The number of hydrogen-bond donors (Lipinski definition) is 0. The molecule has 0 fully saturated rings. The number of rotatable bonds is 6. The lowest BCUT2D eigenvalue weighted by atomic mass is 9.88. The van der Waals surface area contributed by atoms with Crippen molar-refractivity contribution in [1.82, 2.24) is 4.98 Å². The largest absolute Gasteiger partial charge is 0.466 e. The van der Waals surface area contributed by atoms with Crippen molar-refractivity contribution in [3.05, 3.63) is 58.1 Å². The SMILES string of the molecule is CCOC(=O)CC1Cc2ccc(CC)cc2N(Cc2nc3c(F)c(F)ccc3s2)C1=O. The van der Waals surface area contributed by atoms with Gasteiger partial charge in [0.2, 0.25) is 5.91 Å². The molecule has 0 saturated heterocycles. The van der Waals surface area contributed by atoms with Crippen LogP contribution in [0.1, 0.15) is 36.4 Å². The van der Waals surface area contributed by atoms with Gasteiger partial charge in [-0.2, -0.15) is 0 Å². The van der Waals surface area contributed by atoms with E-state index in [2.05, 4.69) is 4.98 Å². The van der Waals surface area contributed by atoms with Crippen molar-refractivity contribution in [2.75, 3.05) is 11.5 Å². The standard InChI is InChI=1S/C23H22F2N2O3S/c1-3-13-5-6-14-10-15(11-20(28)30-4-2)23(29)27(17(14)9-13)12-19-26-22-18(31-19)8-7-16(24)21(22)25/h5-9,15H,3-4,10-12H2,1-2H3. The van der Waals surface area contributed by atoms with Gasteiger partial charge in [0.15, 0.2) is 11.6 Å². The highest BCUT2D eigenvalue weighted by Gasteiger charge is 2.35. The van der Waals surface area contributed by atoms with Crippen molar-refractivity contribution >= 4 is 39.1 Å². The van der Waals surface area contributed by atoms with E-state index in [4.69, 9.17) is 4.74 Å². The maximum absolute atomic E-state index is 14.1. The fourth-order valence-corrected chi connectivity index (χ4v) is 4.83. The molecule has 1 amide bonds. The van der Waals surface area contributed by atoms with Gasteiger partial charge in [0.1, 0.15) is 10.5 Å². The van der Waals surface area contributed by atoms with Crippen molar-refractivity contribution in [1.29, 1.82) is 0 Å². The Morgan fingerprint density at radius 1 is 1.26 bits per heavy atom. The summed E-state index contributed by atoms with van der Waals surface area (Å²) in [5, 5.41) is 0.498. The van der Waals surface area contributed by atoms with Gasteiger partial charge in [0.25, 0.3) is 0 Å². The highest BCUT2D eigenvalue weighted by atomic mass is 32.1. The molecule has 0 spiro atoms. The molecule has 31 heavy (non-hydrogen) atoms. The molecular formula is C23H22F2N2O3S. The first-order valence-corrected chi connectivity index (χ1v) is 11.0. The van der Waals surface area contributed by atoms with Crippen LogP contribution in [-0.2, 0) is 33.7 Å². The van der Waals surface area contributed by atoms with Crippen LogP contribution in [0.15, 0.2) is 30.3 Å². The third-order valence-electron chi connectivity index (χ3n) is 5.44. The van der Waals surface area contributed by atoms with Crippen molar-refractivity contribution < 1.29 is 23.1 Å². The highest BCUT2D eigenvalue weighted by molar-refractivity contribution is 7.18. The number of aryl methyl sites for hydroxylation is 1. The molecule has 2 heterocycles. The van der Waals surface area contributed by atoms with Crippen LogP contribution >= 0.6 is 11.3 Å². The quantitative estimate of drug-likeness (QED) is 0.513. The Bertz CT molecular complexity index is 1160. The van der Waals surface area contributed by atoms with Crippen LogP contribution in [0.5, 0.6) is 0 Å². The molecule has 1 aliphatic rings. The van der Waals surface area contributed by atoms with E-state index in [1.165, 1.54) is 17.4 Å². The first-order chi connectivity index (χ1) is 14.9. The fraction of sp³-hybridized carbons (Fsp3) is 0.348. The molecule has 1 unspecified atom stereocenters. The van der Waals surface area contributed by atoms with Crippen LogP contribution in [0.3, 0.4) is 0 Å². The van der Waals surface area contributed by atoms with Gasteiger partial charge in [-0.15, -0.1) is 11.3 Å². The Hall–Kier alpha value is -2.87. The summed E-state index contributed by atoms with van der Waals surface area (Å²) in [6, 6.07) is 8.54. The Morgan fingerprint density at radius 2 is 2.06 bits per heavy atom. The zero-order chi connectivity index (χ0) is 22.1. The van der Waals surface area contributed by atoms with Gasteiger partial charge in [-0.1, -0.05) is 19.1 Å². The van der Waals surface area contributed by atoms with Gasteiger partial charge in [-0.05, 0) is 49.1 Å². The Labute approximate surface area is 182 Å². The van der Waals surface area contributed by atoms with Crippen molar-refractivity contribution in [2.24, 2.45) is 5.92 Å². The second-order valence-corrected chi connectivity index (χ2v) is 8.58. The molecule has 0 radical (unpaired) electrons. The van der Waals surface area contributed by atoms with E-state index in [1.807, 2.05) is 25.1 Å². The van der Waals surface area contributed by atoms with E-state index in [0.717, 1.165) is 29.3 Å². The van der Waals surface area contributed by atoms with Crippen LogP contribution < -0.4 is 4.90 Å². The molecule has 0 saturated carbocycles. The molecule has 8 heteroatoms. The van der Waals surface area contributed by atoms with Crippen LogP contribution in [0.4, 0.5) is 14.5 Å². The molecule has 162 valence electrons. The number of benzene rings is 2. The molecule has 1 atom stereocenters. The van der Waals surface area contributed by atoms with Gasteiger partial charge in [0, 0.05) is 5.69 Å². The van der Waals surface area contributed by atoms with E-state index < -0.39 is 23.5 Å². The molecule has 2 aromatic carbocycles. The lowest BCUT2D eigenvalue weighted by Gasteiger charge is -2.34. The minimum absolute atomic E-state index is 0.00216. The number of esters is 1. The maximum Gasteiger partial charge on any atom is 0.306 e. The predicted octanol–water partition coefficient (Wildman–Crippen LogP) is 4.80. The van der Waals surface area contributed by atoms with Gasteiger partial charge in [-0.3, -0.25) is 9.59 Å². The van der Waals surface area contributed by atoms with E-state index >= 15 is 0 Å². The molecule has 0 N–H and O–H groups in total. The molecule has 1 aromatic heterocycles. The summed E-state index contributed by atoms with van der Waals surface area (Å²) in [4.78, 5) is 31.2. The number of hydrogen-bond acceptors (Lipinski definition) is 5. The second-order valence-electron chi connectivity index (χ2n) is 7.47. The van der Waals surface area contributed by atoms with Gasteiger partial charge in [-0.25, -0.2) is 13.8 Å². The average molecular weight is 445 g/mol. The predicted molar refractivity (Wildman–Crippen MR) is 115 cm³/mol. The Kier molecular flexibility index (Phi) is 6.00. The number of aromatic nitrogens is 1. The van der Waals surface area contributed by atoms with E-state index in [9.17, 15) is 18.4 Å². The molecular weight excluding hydrogens is 422 g/mol. The normalized spacial score (nSPS) is 15.9. The van der Waals surface area contributed by atoms with Crippen LogP contribution in [-0.4, -0.2) is 23.5 Å². The molecule has 1 aliphatic heterocycles. The monoisotopic (exact) mass is 444 g/mol. The smallest absolute Gasteiger partial charge is 0.306 e. The van der Waals surface area contributed by atoms with Gasteiger partial charge < -0.3 is 9.64 Å². The summed E-state index contributed by atoms with van der Waals surface area (Å²) in [7, 11) is 0. The van der Waals surface area contributed by atoms with Crippen molar-refractivity contribution in [3.8, 4) is 0 Å². The lowest BCUT2D eigenvalue weighted by Crippen LogP contribution is -2.42. The van der Waals surface area contributed by atoms with Gasteiger partial charge >= 0.3 is 5.97 Å². The first-order valence-electron chi connectivity index (χ1n) is 10.2. The van der Waals surface area contributed by atoms with Crippen molar-refractivity contribution in [3.63, 3.8) is 0 Å². The van der Waals surface area contributed by atoms with Crippen molar-refractivity contribution in [2.45, 2.75) is 39.7 Å². The summed E-state index contributed by atoms with van der Waals surface area (Å²) in [5.74, 6) is -3.08. The minimum atomic E-state index is -0.987. The fourth-order valence-electron chi connectivity index (χ4n) is 3.87. The summed E-state index contributed by atoms with van der Waals surface area (Å²) in [6.07, 6.45) is 1.26. The molecule has 4 rings (SSSR count). The molecule has 3 aromatic rings. The number of nitrogens with zero attached hydrogens (tertiary/aromatic N) is 2. The number of amides is 1. The third kappa shape index (κ3) is 4.17. The molecule has 0 bridgehead atoms. The number of ether oxygens (including phenoxy) is 1. The zero-order valence-corrected chi connectivity index (χ0v) is 18.1. The van der Waals surface area contributed by atoms with Crippen LogP contribution in [0.2, 0.25) is 0 Å². The second kappa shape index (κ2) is 8.70. The van der Waals surface area contributed by atoms with Gasteiger partial charge in [0.05, 0.1) is 30.2 Å². The summed E-state index contributed by atoms with van der Waals surface area (Å²) in [5.41, 5.74) is 2.78. The number of carbonyl (C=O) groups is 2. The van der Waals surface area contributed by atoms with E-state index in [-0.39, 0.29) is 31.0 Å². The maximum atomic E-state index is 14.1. The van der Waals surface area contributed by atoms with Crippen LogP contribution in [0.25, 0.3) is 10.2 Å². The number of halogens is 2. The number of thiazole rings is 1. The van der Waals surface area contributed by atoms with Crippen LogP contribution in [0, 0.1) is 17.6 Å². The summed E-state index contributed by atoms with van der Waals surface area (Å²) >= 11 is 1.22. The minimum Gasteiger partial charge on any atom is -0.466 e. The highest BCUT2D eigenvalue weighted by Crippen LogP contribution is 2.36. The summed E-state index contributed by atoms with van der Waals surface area (Å²) < 4.78 is 33.3. The van der Waals surface area contributed by atoms with E-state index in [1.54, 1.807) is 11.8 Å². The Morgan fingerprint density at radius 3 is 2.81 bits per heavy atom. The first kappa shape index (κ1) is 21.4.